The number of hydrogen-bond acceptors (Lipinski definition) is 3. The third-order valence-corrected chi connectivity index (χ3v) is 4.83. The normalized spacial score (nSPS) is 15.4. The lowest BCUT2D eigenvalue weighted by molar-refractivity contribution is 0.0962. The van der Waals surface area contributed by atoms with E-state index in [4.69, 9.17) is 0 Å². The molecule has 0 aromatic heterocycles. The summed E-state index contributed by atoms with van der Waals surface area (Å²) in [5.41, 5.74) is 0.302. The van der Waals surface area contributed by atoms with Crippen molar-refractivity contribution in [3.8, 4) is 0 Å². The van der Waals surface area contributed by atoms with Crippen LogP contribution in [0.2, 0.25) is 0 Å². The van der Waals surface area contributed by atoms with Crippen LogP contribution in [0.3, 0.4) is 0 Å². The van der Waals surface area contributed by atoms with Gasteiger partial charge in [-0.1, -0.05) is 0 Å². The van der Waals surface area contributed by atoms with Gasteiger partial charge in [0.2, 0.25) is 10.0 Å². The molecule has 0 heterocycles. The van der Waals surface area contributed by atoms with Crippen LogP contribution in [0.15, 0.2) is 27.6 Å². The fourth-order valence-corrected chi connectivity index (χ4v) is 3.23. The SMILES string of the molecule is CNC(=O)c1cc(S(=O)(=O)NC2CC2)ccc1Br. The Bertz CT molecular complexity index is 582. The fourth-order valence-electron chi connectivity index (χ4n) is 1.47. The zero-order chi connectivity index (χ0) is 13.3. The Morgan fingerprint density at radius 3 is 2.61 bits per heavy atom. The third-order valence-electron chi connectivity index (χ3n) is 2.62. The molecule has 1 aliphatic rings. The monoisotopic (exact) mass is 332 g/mol. The number of amides is 1. The van der Waals surface area contributed by atoms with Crippen LogP contribution in [0, 0.1) is 0 Å². The van der Waals surface area contributed by atoms with E-state index in [-0.39, 0.29) is 16.8 Å². The van der Waals surface area contributed by atoms with Gasteiger partial charge >= 0.3 is 0 Å². The first-order chi connectivity index (χ1) is 8.44. The fraction of sp³-hybridized carbons (Fsp3) is 0.364. The second kappa shape index (κ2) is 4.99. The summed E-state index contributed by atoms with van der Waals surface area (Å²) >= 11 is 3.23. The molecule has 2 N–H and O–H groups in total. The molecule has 1 aromatic carbocycles. The van der Waals surface area contributed by atoms with Gasteiger partial charge in [-0.3, -0.25) is 4.79 Å². The first kappa shape index (κ1) is 13.5. The summed E-state index contributed by atoms with van der Waals surface area (Å²) < 4.78 is 27.1. The Morgan fingerprint density at radius 1 is 1.39 bits per heavy atom. The maximum Gasteiger partial charge on any atom is 0.252 e. The topological polar surface area (TPSA) is 75.3 Å². The summed E-state index contributed by atoms with van der Waals surface area (Å²) in [6.07, 6.45) is 1.75. The first-order valence-corrected chi connectivity index (χ1v) is 7.75. The molecule has 0 spiro atoms. The molecule has 1 amide bonds. The first-order valence-electron chi connectivity index (χ1n) is 5.48. The Balaban J connectivity index is 2.36. The third kappa shape index (κ3) is 2.90. The molecular formula is C11H13BrN2O3S. The second-order valence-electron chi connectivity index (χ2n) is 4.12. The Hall–Kier alpha value is -0.920. The van der Waals surface area contributed by atoms with Gasteiger partial charge in [0.25, 0.3) is 5.91 Å². The quantitative estimate of drug-likeness (QED) is 0.871. The molecule has 1 aliphatic carbocycles. The van der Waals surface area contributed by atoms with Gasteiger partial charge in [0.05, 0.1) is 10.5 Å². The van der Waals surface area contributed by atoms with Gasteiger partial charge in [-0.05, 0) is 47.0 Å². The number of carbonyl (C=O) groups is 1. The van der Waals surface area contributed by atoms with Crippen LogP contribution in [0.5, 0.6) is 0 Å². The van der Waals surface area contributed by atoms with Gasteiger partial charge in [-0.15, -0.1) is 0 Å². The number of sulfonamides is 1. The lowest BCUT2D eigenvalue weighted by Gasteiger charge is -2.08. The summed E-state index contributed by atoms with van der Waals surface area (Å²) in [6.45, 7) is 0. The molecule has 0 radical (unpaired) electrons. The number of nitrogens with one attached hydrogen (secondary N) is 2. The molecular weight excluding hydrogens is 320 g/mol. The summed E-state index contributed by atoms with van der Waals surface area (Å²) in [7, 11) is -2.03. The molecule has 0 aliphatic heterocycles. The summed E-state index contributed by atoms with van der Waals surface area (Å²) in [5.74, 6) is -0.328. The van der Waals surface area contributed by atoms with Crippen molar-refractivity contribution < 1.29 is 13.2 Å². The van der Waals surface area contributed by atoms with E-state index < -0.39 is 10.0 Å². The van der Waals surface area contributed by atoms with E-state index in [1.165, 1.54) is 19.2 Å². The van der Waals surface area contributed by atoms with E-state index in [2.05, 4.69) is 26.0 Å². The average molecular weight is 333 g/mol. The number of rotatable bonds is 4. The van der Waals surface area contributed by atoms with Gasteiger partial charge in [0.15, 0.2) is 0 Å². The molecule has 0 bridgehead atoms. The zero-order valence-corrected chi connectivity index (χ0v) is 12.1. The van der Waals surface area contributed by atoms with Crippen LogP contribution >= 0.6 is 15.9 Å². The Labute approximate surface area is 114 Å². The largest absolute Gasteiger partial charge is 0.355 e. The molecule has 98 valence electrons. The van der Waals surface area contributed by atoms with Crippen LogP contribution in [-0.2, 0) is 10.0 Å². The van der Waals surface area contributed by atoms with Crippen molar-refractivity contribution in [1.29, 1.82) is 0 Å². The van der Waals surface area contributed by atoms with E-state index in [1.807, 2.05) is 0 Å². The Morgan fingerprint density at radius 2 is 2.06 bits per heavy atom. The number of halogens is 1. The van der Waals surface area contributed by atoms with Crippen molar-refractivity contribution in [2.24, 2.45) is 0 Å². The lowest BCUT2D eigenvalue weighted by Crippen LogP contribution is -2.26. The summed E-state index contributed by atoms with van der Waals surface area (Å²) in [6, 6.07) is 4.45. The summed E-state index contributed by atoms with van der Waals surface area (Å²) in [5, 5.41) is 2.47. The van der Waals surface area contributed by atoms with Crippen molar-refractivity contribution in [2.75, 3.05) is 7.05 Å². The molecule has 0 unspecified atom stereocenters. The predicted molar refractivity (Wildman–Crippen MR) is 70.9 cm³/mol. The molecule has 5 nitrogen and oxygen atoms in total. The van der Waals surface area contributed by atoms with Gasteiger partial charge < -0.3 is 5.32 Å². The highest BCUT2D eigenvalue weighted by Gasteiger charge is 2.28. The van der Waals surface area contributed by atoms with E-state index >= 15 is 0 Å². The van der Waals surface area contributed by atoms with Crippen molar-refractivity contribution in [1.82, 2.24) is 10.0 Å². The molecule has 2 rings (SSSR count). The second-order valence-corrected chi connectivity index (χ2v) is 6.68. The minimum atomic E-state index is -3.53. The van der Waals surface area contributed by atoms with Crippen molar-refractivity contribution in [3.63, 3.8) is 0 Å². The smallest absolute Gasteiger partial charge is 0.252 e. The standard InChI is InChI=1S/C11H13BrN2O3S/c1-13-11(15)9-6-8(4-5-10(9)12)18(16,17)14-7-2-3-7/h4-7,14H,2-3H2,1H3,(H,13,15). The number of hydrogen-bond donors (Lipinski definition) is 2. The van der Waals surface area contributed by atoms with E-state index in [0.717, 1.165) is 12.8 Å². The van der Waals surface area contributed by atoms with Gasteiger partial charge in [-0.25, -0.2) is 13.1 Å². The minimum Gasteiger partial charge on any atom is -0.355 e. The van der Waals surface area contributed by atoms with Crippen LogP contribution in [0.4, 0.5) is 0 Å². The molecule has 0 saturated heterocycles. The van der Waals surface area contributed by atoms with E-state index in [1.54, 1.807) is 6.07 Å². The highest BCUT2D eigenvalue weighted by atomic mass is 79.9. The van der Waals surface area contributed by atoms with Gasteiger partial charge in [0, 0.05) is 17.6 Å². The number of carbonyl (C=O) groups excluding carboxylic acids is 1. The molecule has 1 fully saturated rings. The number of benzene rings is 1. The summed E-state index contributed by atoms with van der Waals surface area (Å²) in [4.78, 5) is 11.7. The highest BCUT2D eigenvalue weighted by Crippen LogP contribution is 2.24. The Kier molecular flexibility index (Phi) is 3.74. The van der Waals surface area contributed by atoms with Crippen molar-refractivity contribution in [2.45, 2.75) is 23.8 Å². The van der Waals surface area contributed by atoms with E-state index in [0.29, 0.717) is 10.0 Å². The lowest BCUT2D eigenvalue weighted by atomic mass is 10.2. The van der Waals surface area contributed by atoms with E-state index in [9.17, 15) is 13.2 Å². The predicted octanol–water partition coefficient (Wildman–Crippen LogP) is 1.25. The maximum absolute atomic E-state index is 12.0. The highest BCUT2D eigenvalue weighted by molar-refractivity contribution is 9.10. The van der Waals surface area contributed by atoms with Crippen LogP contribution in [0.1, 0.15) is 23.2 Å². The minimum absolute atomic E-state index is 0.0436. The van der Waals surface area contributed by atoms with Crippen LogP contribution in [0.25, 0.3) is 0 Å². The van der Waals surface area contributed by atoms with Crippen LogP contribution < -0.4 is 10.0 Å². The molecule has 1 saturated carbocycles. The van der Waals surface area contributed by atoms with Crippen LogP contribution in [-0.4, -0.2) is 27.4 Å². The van der Waals surface area contributed by atoms with Gasteiger partial charge in [-0.2, -0.15) is 0 Å². The average Bonchev–Trinajstić information content (AvgIpc) is 3.11. The molecule has 0 atom stereocenters. The maximum atomic E-state index is 12.0. The molecule has 1 aromatic rings. The van der Waals surface area contributed by atoms with Crippen molar-refractivity contribution >= 4 is 31.9 Å². The molecule has 18 heavy (non-hydrogen) atoms. The van der Waals surface area contributed by atoms with Gasteiger partial charge in [0.1, 0.15) is 0 Å². The van der Waals surface area contributed by atoms with Crippen molar-refractivity contribution in [3.05, 3.63) is 28.2 Å². The zero-order valence-electron chi connectivity index (χ0n) is 9.73. The molecule has 7 heteroatoms.